The van der Waals surface area contributed by atoms with Crippen molar-refractivity contribution in [2.45, 2.75) is 50.4 Å². The summed E-state index contributed by atoms with van der Waals surface area (Å²) >= 11 is 0. The standard InChI is InChI=1S/C26H28FN7O3/c1-4-23(36)32-12-17(10-21(32)14(2)35)34-26(29-3)24(25(28)37)19(31-34)8-5-15-9-20-22(11-18(15)27)33(13-30-20)16-6-7-16/h4,9,11,13-14,16-17,21,29,35H,1,6-7,10,12H2,2-3H3,(H2,28,37)/t14-,17-,21+/m0/s1. The van der Waals surface area contributed by atoms with Crippen LogP contribution in [0.5, 0.6) is 0 Å². The number of hydrogen-bond donors (Lipinski definition) is 3. The van der Waals surface area contributed by atoms with Gasteiger partial charge in [0.1, 0.15) is 17.2 Å². The maximum absolute atomic E-state index is 14.9. The number of primary amides is 1. The summed E-state index contributed by atoms with van der Waals surface area (Å²) in [4.78, 5) is 30.7. The second-order valence-electron chi connectivity index (χ2n) is 9.48. The normalized spacial score (nSPS) is 19.9. The SMILES string of the molecule is C=CC(=O)N1C[C@@H](n2nc(C#Cc3cc4ncn(C5CC5)c4cc3F)c(C(N)=O)c2NC)C[C@@H]1[C@H](C)O. The molecule has 1 aliphatic carbocycles. The Kier molecular flexibility index (Phi) is 6.21. The fourth-order valence-electron chi connectivity index (χ4n) is 5.02. The number of aliphatic hydroxyl groups excluding tert-OH is 1. The van der Waals surface area contributed by atoms with Crippen LogP contribution in [0.1, 0.15) is 59.9 Å². The number of rotatable bonds is 6. The van der Waals surface area contributed by atoms with Gasteiger partial charge in [0.2, 0.25) is 5.91 Å². The molecule has 1 saturated heterocycles. The topological polar surface area (TPSA) is 131 Å². The van der Waals surface area contributed by atoms with Crippen LogP contribution in [0.25, 0.3) is 11.0 Å². The summed E-state index contributed by atoms with van der Waals surface area (Å²) in [6, 6.07) is 2.56. The maximum atomic E-state index is 14.9. The Morgan fingerprint density at radius 1 is 1.32 bits per heavy atom. The van der Waals surface area contributed by atoms with Crippen LogP contribution in [0.3, 0.4) is 0 Å². The van der Waals surface area contributed by atoms with Crippen molar-refractivity contribution < 1.29 is 19.1 Å². The fourth-order valence-corrected chi connectivity index (χ4v) is 5.02. The number of hydrogen-bond acceptors (Lipinski definition) is 6. The van der Waals surface area contributed by atoms with Gasteiger partial charge in [-0.25, -0.2) is 14.1 Å². The Hall–Kier alpha value is -4.17. The highest BCUT2D eigenvalue weighted by molar-refractivity contribution is 6.00. The zero-order valence-corrected chi connectivity index (χ0v) is 20.6. The van der Waals surface area contributed by atoms with Crippen molar-refractivity contribution in [2.24, 2.45) is 5.73 Å². The second kappa shape index (κ2) is 9.37. The summed E-state index contributed by atoms with van der Waals surface area (Å²) in [7, 11) is 1.62. The molecule has 1 aliphatic heterocycles. The summed E-state index contributed by atoms with van der Waals surface area (Å²) in [5.41, 5.74) is 7.32. The predicted octanol–water partition coefficient (Wildman–Crippen LogP) is 1.96. The number of likely N-dealkylation sites (tertiary alicyclic amines) is 1. The van der Waals surface area contributed by atoms with E-state index in [2.05, 4.69) is 33.8 Å². The highest BCUT2D eigenvalue weighted by Crippen LogP contribution is 2.37. The molecule has 10 nitrogen and oxygen atoms in total. The lowest BCUT2D eigenvalue weighted by Gasteiger charge is -2.25. The van der Waals surface area contributed by atoms with E-state index in [9.17, 15) is 19.1 Å². The van der Waals surface area contributed by atoms with Crippen molar-refractivity contribution in [1.29, 1.82) is 0 Å². The Balaban J connectivity index is 1.53. The first-order valence-electron chi connectivity index (χ1n) is 12.1. The highest BCUT2D eigenvalue weighted by Gasteiger charge is 2.40. The lowest BCUT2D eigenvalue weighted by atomic mass is 10.1. The van der Waals surface area contributed by atoms with Gasteiger partial charge >= 0.3 is 0 Å². The minimum atomic E-state index is -0.779. The minimum Gasteiger partial charge on any atom is -0.391 e. The van der Waals surface area contributed by atoms with Crippen LogP contribution < -0.4 is 11.1 Å². The summed E-state index contributed by atoms with van der Waals surface area (Å²) < 4.78 is 18.5. The largest absolute Gasteiger partial charge is 0.391 e. The summed E-state index contributed by atoms with van der Waals surface area (Å²) in [5.74, 6) is 4.38. The zero-order chi connectivity index (χ0) is 26.4. The summed E-state index contributed by atoms with van der Waals surface area (Å²) in [6.45, 7) is 5.40. The van der Waals surface area contributed by atoms with E-state index in [4.69, 9.17) is 5.73 Å². The van der Waals surface area contributed by atoms with Crippen molar-refractivity contribution in [3.05, 3.63) is 53.8 Å². The number of carbonyl (C=O) groups excluding carboxylic acids is 2. The molecule has 2 amide bonds. The number of fused-ring (bicyclic) bond motifs is 1. The number of imidazole rings is 1. The van der Waals surface area contributed by atoms with Gasteiger partial charge in [-0.15, -0.1) is 0 Å². The average molecular weight is 506 g/mol. The molecule has 0 spiro atoms. The Labute approximate surface area is 212 Å². The Bertz CT molecular complexity index is 1470. The molecule has 2 fully saturated rings. The highest BCUT2D eigenvalue weighted by atomic mass is 19.1. The van der Waals surface area contributed by atoms with Crippen LogP contribution >= 0.6 is 0 Å². The fraction of sp³-hybridized carbons (Fsp3) is 0.385. The smallest absolute Gasteiger partial charge is 0.255 e. The van der Waals surface area contributed by atoms with E-state index in [1.54, 1.807) is 31.0 Å². The summed E-state index contributed by atoms with van der Waals surface area (Å²) in [6.07, 6.45) is 4.64. The van der Waals surface area contributed by atoms with Crippen molar-refractivity contribution in [2.75, 3.05) is 18.9 Å². The number of halogens is 1. The van der Waals surface area contributed by atoms with Crippen LogP contribution in [0.15, 0.2) is 31.1 Å². The number of nitrogens with one attached hydrogen (secondary N) is 1. The van der Waals surface area contributed by atoms with Crippen LogP contribution in [0.2, 0.25) is 0 Å². The number of aliphatic hydroxyl groups is 1. The third-order valence-electron chi connectivity index (χ3n) is 6.99. The third kappa shape index (κ3) is 4.34. The van der Waals surface area contributed by atoms with Gasteiger partial charge in [-0.05, 0) is 44.2 Å². The first-order chi connectivity index (χ1) is 17.7. The number of nitrogens with two attached hydrogens (primary N) is 1. The van der Waals surface area contributed by atoms with Gasteiger partial charge in [0.05, 0.1) is 41.1 Å². The number of nitrogens with zero attached hydrogens (tertiary/aromatic N) is 5. The summed E-state index contributed by atoms with van der Waals surface area (Å²) in [5, 5.41) is 17.7. The number of amides is 2. The third-order valence-corrected chi connectivity index (χ3v) is 6.99. The monoisotopic (exact) mass is 505 g/mol. The molecule has 0 unspecified atom stereocenters. The molecule has 4 N–H and O–H groups in total. The minimum absolute atomic E-state index is 0.0663. The lowest BCUT2D eigenvalue weighted by Crippen LogP contribution is -2.40. The van der Waals surface area contributed by atoms with Crippen molar-refractivity contribution in [1.82, 2.24) is 24.2 Å². The van der Waals surface area contributed by atoms with E-state index in [1.165, 1.54) is 17.0 Å². The molecule has 37 heavy (non-hydrogen) atoms. The van der Waals surface area contributed by atoms with Gasteiger partial charge in [0.25, 0.3) is 5.91 Å². The molecule has 5 rings (SSSR count). The van der Waals surface area contributed by atoms with Gasteiger partial charge < -0.3 is 25.6 Å². The average Bonchev–Trinajstić information content (AvgIpc) is 3.31. The molecule has 1 saturated carbocycles. The van der Waals surface area contributed by atoms with Gasteiger partial charge in [-0.1, -0.05) is 12.5 Å². The quantitative estimate of drug-likeness (QED) is 0.347. The molecule has 3 aromatic rings. The zero-order valence-electron chi connectivity index (χ0n) is 20.6. The van der Waals surface area contributed by atoms with E-state index in [-0.39, 0.29) is 35.3 Å². The van der Waals surface area contributed by atoms with E-state index in [1.807, 2.05) is 4.57 Å². The molecular weight excluding hydrogens is 477 g/mol. The van der Waals surface area contributed by atoms with Crippen LogP contribution in [-0.4, -0.2) is 66.9 Å². The molecular formula is C26H28FN7O3. The van der Waals surface area contributed by atoms with E-state index in [0.29, 0.717) is 23.8 Å². The molecule has 192 valence electrons. The predicted molar refractivity (Wildman–Crippen MR) is 135 cm³/mol. The van der Waals surface area contributed by atoms with Gasteiger partial charge in [-0.3, -0.25) is 9.59 Å². The lowest BCUT2D eigenvalue weighted by molar-refractivity contribution is -0.128. The molecule has 0 radical (unpaired) electrons. The number of anilines is 1. The molecule has 0 bridgehead atoms. The first-order valence-corrected chi connectivity index (χ1v) is 12.1. The Morgan fingerprint density at radius 2 is 2.08 bits per heavy atom. The van der Waals surface area contributed by atoms with Gasteiger partial charge in [0, 0.05) is 25.7 Å². The second-order valence-corrected chi connectivity index (χ2v) is 9.48. The first kappa shape index (κ1) is 24.5. The van der Waals surface area contributed by atoms with Crippen LogP contribution in [0, 0.1) is 17.7 Å². The van der Waals surface area contributed by atoms with Crippen LogP contribution in [0.4, 0.5) is 10.2 Å². The van der Waals surface area contributed by atoms with Gasteiger partial charge in [-0.2, -0.15) is 5.10 Å². The van der Waals surface area contributed by atoms with Crippen molar-refractivity contribution >= 4 is 28.7 Å². The van der Waals surface area contributed by atoms with E-state index in [0.717, 1.165) is 18.4 Å². The number of aromatic nitrogens is 4. The molecule has 2 aliphatic rings. The van der Waals surface area contributed by atoms with Crippen LogP contribution in [-0.2, 0) is 4.79 Å². The maximum Gasteiger partial charge on any atom is 0.255 e. The Morgan fingerprint density at radius 3 is 2.70 bits per heavy atom. The molecule has 2 aromatic heterocycles. The van der Waals surface area contributed by atoms with E-state index >= 15 is 0 Å². The van der Waals surface area contributed by atoms with Crippen molar-refractivity contribution in [3.63, 3.8) is 0 Å². The van der Waals surface area contributed by atoms with Crippen molar-refractivity contribution in [3.8, 4) is 11.8 Å². The van der Waals surface area contributed by atoms with Gasteiger partial charge in [0.15, 0.2) is 5.69 Å². The molecule has 3 heterocycles. The molecule has 3 atom stereocenters. The number of benzene rings is 1. The molecule has 1 aromatic carbocycles. The molecule has 11 heteroatoms. The number of carbonyl (C=O) groups is 2. The van der Waals surface area contributed by atoms with E-state index < -0.39 is 23.9 Å².